The van der Waals surface area contributed by atoms with Gasteiger partial charge >= 0.3 is 0 Å². The molecular formula is C16H17N5O2. The molecule has 3 aromatic rings. The second-order valence-corrected chi connectivity index (χ2v) is 5.88. The maximum atomic E-state index is 12.3. The fraction of sp³-hybridized carbons (Fsp3) is 0.312. The number of rotatable bonds is 2. The van der Waals surface area contributed by atoms with E-state index in [0.29, 0.717) is 36.5 Å². The zero-order valence-electron chi connectivity index (χ0n) is 12.7. The van der Waals surface area contributed by atoms with Crippen molar-refractivity contribution in [3.63, 3.8) is 0 Å². The summed E-state index contributed by atoms with van der Waals surface area (Å²) in [6.07, 6.45) is 2.01. The molecule has 0 aliphatic carbocycles. The summed E-state index contributed by atoms with van der Waals surface area (Å²) in [4.78, 5) is 21.4. The number of aromatic amines is 1. The number of aliphatic hydroxyl groups is 1. The van der Waals surface area contributed by atoms with Crippen molar-refractivity contribution in [2.45, 2.75) is 19.4 Å². The monoisotopic (exact) mass is 311 g/mol. The standard InChI is InChI=1S/C16H17N5O2/c1-10-4-2-3-5-13(10)21-9-12-14(19-21)17-16(18-15(12)23)20-7-6-11(22)8-20/h2-5,9,11,22H,6-8H2,1H3,(H,17,18,19,23). The van der Waals surface area contributed by atoms with Crippen LogP contribution in [0.25, 0.3) is 16.7 Å². The van der Waals surface area contributed by atoms with Crippen molar-refractivity contribution in [2.75, 3.05) is 18.0 Å². The number of nitrogens with zero attached hydrogens (tertiary/aromatic N) is 4. The van der Waals surface area contributed by atoms with Crippen molar-refractivity contribution >= 4 is 17.0 Å². The predicted octanol–water partition coefficient (Wildman–Crippen LogP) is 0.988. The van der Waals surface area contributed by atoms with Gasteiger partial charge in [0.05, 0.1) is 11.8 Å². The zero-order chi connectivity index (χ0) is 16.0. The van der Waals surface area contributed by atoms with Gasteiger partial charge in [-0.3, -0.25) is 9.78 Å². The molecule has 2 aromatic heterocycles. The van der Waals surface area contributed by atoms with Gasteiger partial charge in [0.2, 0.25) is 5.95 Å². The van der Waals surface area contributed by atoms with Gasteiger partial charge in [0.15, 0.2) is 5.65 Å². The van der Waals surface area contributed by atoms with Crippen LogP contribution in [0.2, 0.25) is 0 Å². The summed E-state index contributed by atoms with van der Waals surface area (Å²) in [7, 11) is 0. The highest BCUT2D eigenvalue weighted by Gasteiger charge is 2.23. The lowest BCUT2D eigenvalue weighted by molar-refractivity contribution is 0.198. The molecule has 23 heavy (non-hydrogen) atoms. The topological polar surface area (TPSA) is 87.0 Å². The number of aliphatic hydroxyl groups excluding tert-OH is 1. The minimum atomic E-state index is -0.375. The molecular weight excluding hydrogens is 294 g/mol. The Labute approximate surface area is 132 Å². The molecule has 2 N–H and O–H groups in total. The molecule has 1 unspecified atom stereocenters. The molecule has 3 heterocycles. The Morgan fingerprint density at radius 2 is 2.17 bits per heavy atom. The number of hydrogen-bond acceptors (Lipinski definition) is 5. The summed E-state index contributed by atoms with van der Waals surface area (Å²) in [6, 6.07) is 7.84. The molecule has 7 nitrogen and oxygen atoms in total. The summed E-state index contributed by atoms with van der Waals surface area (Å²) in [6.45, 7) is 3.15. The summed E-state index contributed by atoms with van der Waals surface area (Å²) >= 11 is 0. The summed E-state index contributed by atoms with van der Waals surface area (Å²) in [5, 5.41) is 14.6. The van der Waals surface area contributed by atoms with E-state index in [1.54, 1.807) is 10.9 Å². The van der Waals surface area contributed by atoms with Crippen molar-refractivity contribution in [1.82, 2.24) is 19.7 Å². The van der Waals surface area contributed by atoms with Crippen molar-refractivity contribution in [3.8, 4) is 5.69 Å². The third kappa shape index (κ3) is 2.39. The highest BCUT2D eigenvalue weighted by molar-refractivity contribution is 5.74. The second-order valence-electron chi connectivity index (χ2n) is 5.88. The fourth-order valence-corrected chi connectivity index (χ4v) is 2.93. The van der Waals surface area contributed by atoms with E-state index in [0.717, 1.165) is 11.3 Å². The van der Waals surface area contributed by atoms with E-state index in [2.05, 4.69) is 15.1 Å². The SMILES string of the molecule is Cc1ccccc1-n1cc2c(=O)[nH]c(N3CCC(O)C3)nc2n1. The van der Waals surface area contributed by atoms with E-state index in [1.807, 2.05) is 36.1 Å². The Morgan fingerprint density at radius 1 is 1.35 bits per heavy atom. The van der Waals surface area contributed by atoms with Crippen LogP contribution in [0.15, 0.2) is 35.3 Å². The van der Waals surface area contributed by atoms with Crippen molar-refractivity contribution in [2.24, 2.45) is 0 Å². The van der Waals surface area contributed by atoms with Crippen molar-refractivity contribution < 1.29 is 5.11 Å². The summed E-state index contributed by atoms with van der Waals surface area (Å²) in [5.41, 5.74) is 2.18. The van der Waals surface area contributed by atoms with Crippen LogP contribution in [-0.2, 0) is 0 Å². The maximum absolute atomic E-state index is 12.3. The normalized spacial score (nSPS) is 18.0. The number of nitrogens with one attached hydrogen (secondary N) is 1. The number of fused-ring (bicyclic) bond motifs is 1. The zero-order valence-corrected chi connectivity index (χ0v) is 12.7. The third-order valence-electron chi connectivity index (χ3n) is 4.20. The lowest BCUT2D eigenvalue weighted by Crippen LogP contribution is -2.25. The molecule has 1 fully saturated rings. The van der Waals surface area contributed by atoms with Crippen molar-refractivity contribution in [3.05, 3.63) is 46.4 Å². The molecule has 1 aliphatic rings. The van der Waals surface area contributed by atoms with Crippen LogP contribution in [0, 0.1) is 6.92 Å². The van der Waals surface area contributed by atoms with E-state index in [1.165, 1.54) is 0 Å². The smallest absolute Gasteiger partial charge is 0.263 e. The molecule has 4 rings (SSSR count). The minimum absolute atomic E-state index is 0.216. The van der Waals surface area contributed by atoms with Gasteiger partial charge in [0.25, 0.3) is 5.56 Å². The van der Waals surface area contributed by atoms with Gasteiger partial charge in [-0.25, -0.2) is 4.68 Å². The lowest BCUT2D eigenvalue weighted by Gasteiger charge is -2.14. The van der Waals surface area contributed by atoms with E-state index in [-0.39, 0.29) is 11.7 Å². The first kappa shape index (κ1) is 14.0. The second kappa shape index (κ2) is 5.20. The molecule has 0 radical (unpaired) electrons. The quantitative estimate of drug-likeness (QED) is 0.737. The Bertz CT molecular complexity index is 930. The largest absolute Gasteiger partial charge is 0.391 e. The highest BCUT2D eigenvalue weighted by atomic mass is 16.3. The molecule has 1 atom stereocenters. The van der Waals surface area contributed by atoms with E-state index in [4.69, 9.17) is 0 Å². The van der Waals surface area contributed by atoms with Crippen LogP contribution in [0.1, 0.15) is 12.0 Å². The Balaban J connectivity index is 1.81. The van der Waals surface area contributed by atoms with Crippen LogP contribution < -0.4 is 10.5 Å². The minimum Gasteiger partial charge on any atom is -0.391 e. The molecule has 7 heteroatoms. The highest BCUT2D eigenvalue weighted by Crippen LogP contribution is 2.19. The first-order chi connectivity index (χ1) is 11.1. The summed E-state index contributed by atoms with van der Waals surface area (Å²) in [5.74, 6) is 0.467. The molecule has 1 aliphatic heterocycles. The van der Waals surface area contributed by atoms with Gasteiger partial charge < -0.3 is 10.0 Å². The predicted molar refractivity (Wildman–Crippen MR) is 87.1 cm³/mol. The van der Waals surface area contributed by atoms with Gasteiger partial charge in [-0.15, -0.1) is 5.10 Å². The maximum Gasteiger partial charge on any atom is 0.263 e. The van der Waals surface area contributed by atoms with Gasteiger partial charge in [-0.1, -0.05) is 18.2 Å². The van der Waals surface area contributed by atoms with E-state index in [9.17, 15) is 9.90 Å². The number of para-hydroxylation sites is 1. The number of aromatic nitrogens is 4. The van der Waals surface area contributed by atoms with Crippen LogP contribution in [0.5, 0.6) is 0 Å². The van der Waals surface area contributed by atoms with Crippen LogP contribution in [-0.4, -0.2) is 44.0 Å². The Morgan fingerprint density at radius 3 is 2.91 bits per heavy atom. The Kier molecular flexibility index (Phi) is 3.16. The number of hydrogen-bond donors (Lipinski definition) is 2. The average Bonchev–Trinajstić information content (AvgIpc) is 3.14. The average molecular weight is 311 g/mol. The number of H-pyrrole nitrogens is 1. The first-order valence-electron chi connectivity index (χ1n) is 7.60. The molecule has 0 bridgehead atoms. The number of anilines is 1. The first-order valence-corrected chi connectivity index (χ1v) is 7.60. The van der Waals surface area contributed by atoms with Crippen LogP contribution in [0.3, 0.4) is 0 Å². The number of aryl methyl sites for hydroxylation is 1. The molecule has 0 spiro atoms. The lowest BCUT2D eigenvalue weighted by atomic mass is 10.2. The van der Waals surface area contributed by atoms with Crippen LogP contribution >= 0.6 is 0 Å². The third-order valence-corrected chi connectivity index (χ3v) is 4.20. The molecule has 0 saturated carbocycles. The van der Waals surface area contributed by atoms with E-state index < -0.39 is 0 Å². The van der Waals surface area contributed by atoms with Crippen LogP contribution in [0.4, 0.5) is 5.95 Å². The molecule has 1 aromatic carbocycles. The van der Waals surface area contributed by atoms with Crippen molar-refractivity contribution in [1.29, 1.82) is 0 Å². The molecule has 0 amide bonds. The molecule has 1 saturated heterocycles. The van der Waals surface area contributed by atoms with Gasteiger partial charge in [0.1, 0.15) is 5.39 Å². The number of β-amino-alcohol motifs (C(OH)–C–C–N with tert-alkyl or cyclic N) is 1. The number of benzene rings is 1. The Hall–Kier alpha value is -2.67. The van der Waals surface area contributed by atoms with Gasteiger partial charge in [0, 0.05) is 19.3 Å². The molecule has 118 valence electrons. The van der Waals surface area contributed by atoms with Gasteiger partial charge in [-0.2, -0.15) is 4.98 Å². The fourth-order valence-electron chi connectivity index (χ4n) is 2.93. The van der Waals surface area contributed by atoms with E-state index >= 15 is 0 Å². The summed E-state index contributed by atoms with van der Waals surface area (Å²) < 4.78 is 1.69. The van der Waals surface area contributed by atoms with Gasteiger partial charge in [-0.05, 0) is 25.0 Å².